The number of fused-ring (bicyclic) bond motifs is 1. The van der Waals surface area contributed by atoms with Gasteiger partial charge in [-0.3, -0.25) is 0 Å². The third kappa shape index (κ3) is 1.18. The molecule has 0 unspecified atom stereocenters. The fourth-order valence-corrected chi connectivity index (χ4v) is 1.29. The van der Waals surface area contributed by atoms with Crippen molar-refractivity contribution in [1.82, 2.24) is 0 Å². The summed E-state index contributed by atoms with van der Waals surface area (Å²) in [4.78, 5) is 0. The van der Waals surface area contributed by atoms with Crippen molar-refractivity contribution in [3.63, 3.8) is 0 Å². The minimum Gasteiger partial charge on any atom is -0.204 e. The van der Waals surface area contributed by atoms with Crippen molar-refractivity contribution in [2.75, 3.05) is 5.84 Å². The van der Waals surface area contributed by atoms with Gasteiger partial charge in [0.1, 0.15) is 0 Å². The Morgan fingerprint density at radius 2 is 1.92 bits per heavy atom. The molecule has 3 heteroatoms. The first-order valence-electron chi connectivity index (χ1n) is 3.91. The Morgan fingerprint density at radius 3 is 2.62 bits per heavy atom. The Morgan fingerprint density at radius 1 is 1.23 bits per heavy atom. The predicted molar refractivity (Wildman–Crippen MR) is 49.0 cm³/mol. The van der Waals surface area contributed by atoms with Crippen LogP contribution in [-0.4, -0.2) is 0 Å². The largest absolute Gasteiger partial charge is 0.312 e. The van der Waals surface area contributed by atoms with Crippen LogP contribution in [0.1, 0.15) is 5.69 Å². The highest BCUT2D eigenvalue weighted by atomic mass is 15.3. The van der Waals surface area contributed by atoms with E-state index in [1.54, 1.807) is 12.3 Å². The van der Waals surface area contributed by atoms with Crippen LogP contribution in [-0.2, 0) is 0 Å². The molecule has 2 rings (SSSR count). The van der Waals surface area contributed by atoms with Crippen LogP contribution in [0.3, 0.4) is 0 Å². The summed E-state index contributed by atoms with van der Waals surface area (Å²) in [6.07, 6.45) is 1.74. The zero-order valence-electron chi connectivity index (χ0n) is 6.94. The van der Waals surface area contributed by atoms with E-state index in [1.165, 1.54) is 4.68 Å². The minimum atomic E-state index is 0.457. The highest BCUT2D eigenvalue weighted by Gasteiger charge is 2.07. The number of hydrogen-bond donors (Lipinski definition) is 1. The molecule has 0 bridgehead atoms. The second-order valence-corrected chi connectivity index (χ2v) is 2.81. The number of nitrogens with two attached hydrogens (primary N) is 1. The van der Waals surface area contributed by atoms with E-state index in [1.807, 2.05) is 30.3 Å². The van der Waals surface area contributed by atoms with Gasteiger partial charge in [-0.1, -0.05) is 22.9 Å². The van der Waals surface area contributed by atoms with E-state index in [0.29, 0.717) is 5.69 Å². The zero-order valence-corrected chi connectivity index (χ0v) is 6.94. The van der Waals surface area contributed by atoms with E-state index in [4.69, 9.17) is 11.1 Å². The van der Waals surface area contributed by atoms with Crippen LogP contribution in [0.2, 0.25) is 0 Å². The molecule has 0 spiro atoms. The van der Waals surface area contributed by atoms with E-state index in [9.17, 15) is 0 Å². The molecule has 3 nitrogen and oxygen atoms in total. The maximum atomic E-state index is 8.73. The van der Waals surface area contributed by atoms with Gasteiger partial charge in [0.2, 0.25) is 6.20 Å². The van der Waals surface area contributed by atoms with E-state index < -0.39 is 0 Å². The number of pyridine rings is 1. The fraction of sp³-hybridized carbons (Fsp3) is 0. The Labute approximate surface area is 75.6 Å². The van der Waals surface area contributed by atoms with E-state index >= 15 is 0 Å². The average molecular weight is 170 g/mol. The Kier molecular flexibility index (Phi) is 1.60. The number of nitrogen functional groups attached to an aromatic ring is 1. The quantitative estimate of drug-likeness (QED) is 0.467. The molecule has 0 radical (unpaired) electrons. The number of nitriles is 1. The number of nitrogens with zero attached hydrogens (tertiary/aromatic N) is 2. The van der Waals surface area contributed by atoms with Gasteiger partial charge in [0.25, 0.3) is 0 Å². The SMILES string of the molecule is N#Cc1cc2ccccc2c[n+]1N. The van der Waals surface area contributed by atoms with Crippen LogP contribution in [0.4, 0.5) is 0 Å². The van der Waals surface area contributed by atoms with E-state index in [0.717, 1.165) is 10.8 Å². The number of aromatic nitrogens is 1. The van der Waals surface area contributed by atoms with Gasteiger partial charge in [0.05, 0.1) is 0 Å². The van der Waals surface area contributed by atoms with Crippen LogP contribution in [0, 0.1) is 11.3 Å². The second kappa shape index (κ2) is 2.76. The molecular formula is C10H8N3+. The smallest absolute Gasteiger partial charge is 0.204 e. The Balaban J connectivity index is 2.83. The number of hydrogen-bond acceptors (Lipinski definition) is 2. The van der Waals surface area contributed by atoms with E-state index in [-0.39, 0.29) is 0 Å². The zero-order chi connectivity index (χ0) is 9.26. The van der Waals surface area contributed by atoms with Crippen molar-refractivity contribution >= 4 is 10.8 Å². The second-order valence-electron chi connectivity index (χ2n) is 2.81. The molecule has 0 saturated carbocycles. The lowest BCUT2D eigenvalue weighted by Crippen LogP contribution is -2.47. The first-order valence-corrected chi connectivity index (χ1v) is 3.91. The molecule has 1 aromatic carbocycles. The Bertz CT molecular complexity index is 497. The van der Waals surface area contributed by atoms with Crippen LogP contribution >= 0.6 is 0 Å². The summed E-state index contributed by atoms with van der Waals surface area (Å²) in [6, 6.07) is 11.6. The van der Waals surface area contributed by atoms with Gasteiger partial charge in [0.15, 0.2) is 6.07 Å². The maximum Gasteiger partial charge on any atom is 0.312 e. The molecule has 2 N–H and O–H groups in total. The van der Waals surface area contributed by atoms with Gasteiger partial charge < -0.3 is 0 Å². The van der Waals surface area contributed by atoms with Crippen LogP contribution in [0.15, 0.2) is 36.5 Å². The lowest BCUT2D eigenvalue weighted by Gasteiger charge is -1.94. The molecule has 0 aliphatic rings. The lowest BCUT2D eigenvalue weighted by molar-refractivity contribution is -0.640. The molecule has 13 heavy (non-hydrogen) atoms. The summed E-state index contributed by atoms with van der Waals surface area (Å²) < 4.78 is 1.34. The van der Waals surface area contributed by atoms with E-state index in [2.05, 4.69) is 0 Å². The summed E-state index contributed by atoms with van der Waals surface area (Å²) in [5.74, 6) is 5.59. The van der Waals surface area contributed by atoms with Gasteiger partial charge in [-0.15, -0.1) is 0 Å². The van der Waals surface area contributed by atoms with Crippen LogP contribution in [0.5, 0.6) is 0 Å². The third-order valence-corrected chi connectivity index (χ3v) is 1.96. The molecule has 0 aliphatic heterocycles. The normalized spacial score (nSPS) is 9.77. The molecule has 62 valence electrons. The van der Waals surface area contributed by atoms with Gasteiger partial charge >= 0.3 is 5.69 Å². The highest BCUT2D eigenvalue weighted by molar-refractivity contribution is 5.81. The standard InChI is InChI=1S/C10H8N3/c11-6-10-5-8-3-1-2-4-9(8)7-13(10)12/h1-5,7H,12H2/q+1. The average Bonchev–Trinajstić information content (AvgIpc) is 2.17. The highest BCUT2D eigenvalue weighted by Crippen LogP contribution is 2.10. The van der Waals surface area contributed by atoms with Crippen molar-refractivity contribution < 1.29 is 4.68 Å². The minimum absolute atomic E-state index is 0.457. The molecule has 1 heterocycles. The van der Waals surface area contributed by atoms with Gasteiger partial charge in [-0.2, -0.15) is 5.26 Å². The monoisotopic (exact) mass is 170 g/mol. The summed E-state index contributed by atoms with van der Waals surface area (Å²) in [6.45, 7) is 0. The van der Waals surface area contributed by atoms with Gasteiger partial charge in [-0.05, 0) is 11.5 Å². The van der Waals surface area contributed by atoms with Crippen molar-refractivity contribution in [2.45, 2.75) is 0 Å². The van der Waals surface area contributed by atoms with Gasteiger partial charge in [0, 0.05) is 11.5 Å². The Hall–Kier alpha value is -2.08. The van der Waals surface area contributed by atoms with Crippen LogP contribution in [0.25, 0.3) is 10.8 Å². The molecule has 0 atom stereocenters. The van der Waals surface area contributed by atoms with Crippen LogP contribution < -0.4 is 10.5 Å². The molecule has 0 fully saturated rings. The lowest BCUT2D eigenvalue weighted by atomic mass is 10.1. The topological polar surface area (TPSA) is 53.7 Å². The fourth-order valence-electron chi connectivity index (χ4n) is 1.29. The van der Waals surface area contributed by atoms with Gasteiger partial charge in [-0.25, -0.2) is 5.84 Å². The molecule has 0 saturated heterocycles. The molecule has 0 amide bonds. The first kappa shape index (κ1) is 7.56. The molecule has 1 aromatic heterocycles. The van der Waals surface area contributed by atoms with Crippen molar-refractivity contribution in [3.8, 4) is 6.07 Å². The maximum absolute atomic E-state index is 8.73. The molecular weight excluding hydrogens is 162 g/mol. The first-order chi connectivity index (χ1) is 6.31. The van der Waals surface area contributed by atoms with Crippen molar-refractivity contribution in [2.24, 2.45) is 0 Å². The predicted octanol–water partition coefficient (Wildman–Crippen LogP) is 0.713. The van der Waals surface area contributed by atoms with Crippen molar-refractivity contribution in [3.05, 3.63) is 42.2 Å². The van der Waals surface area contributed by atoms with Crippen molar-refractivity contribution in [1.29, 1.82) is 5.26 Å². The summed E-state index contributed by atoms with van der Waals surface area (Å²) in [7, 11) is 0. The molecule has 0 aliphatic carbocycles. The summed E-state index contributed by atoms with van der Waals surface area (Å²) in [5, 5.41) is 10.8. The number of rotatable bonds is 0. The molecule has 2 aromatic rings. The number of benzene rings is 1. The summed E-state index contributed by atoms with van der Waals surface area (Å²) in [5.41, 5.74) is 0.457. The third-order valence-electron chi connectivity index (χ3n) is 1.96. The summed E-state index contributed by atoms with van der Waals surface area (Å²) >= 11 is 0.